The lowest BCUT2D eigenvalue weighted by molar-refractivity contribution is -0.115. The van der Waals surface area contributed by atoms with Crippen LogP contribution in [0.3, 0.4) is 0 Å². The Hall–Kier alpha value is -3.71. The molecule has 0 saturated carbocycles. The van der Waals surface area contributed by atoms with Gasteiger partial charge in [-0.15, -0.1) is 0 Å². The lowest BCUT2D eigenvalue weighted by Crippen LogP contribution is -2.48. The average Bonchev–Trinajstić information content (AvgIpc) is 2.81. The van der Waals surface area contributed by atoms with Gasteiger partial charge in [0.25, 0.3) is 5.91 Å². The van der Waals surface area contributed by atoms with Crippen LogP contribution >= 0.6 is 12.2 Å². The van der Waals surface area contributed by atoms with Crippen molar-refractivity contribution in [3.63, 3.8) is 0 Å². The van der Waals surface area contributed by atoms with Crippen LogP contribution < -0.4 is 20.9 Å². The Morgan fingerprint density at radius 3 is 2.45 bits per heavy atom. The van der Waals surface area contributed by atoms with Crippen LogP contribution in [0.15, 0.2) is 72.8 Å². The zero-order valence-corrected chi connectivity index (χ0v) is 19.4. The molecule has 0 aliphatic carbocycles. The van der Waals surface area contributed by atoms with Crippen molar-refractivity contribution in [1.82, 2.24) is 16.2 Å². The van der Waals surface area contributed by atoms with Gasteiger partial charge in [-0.25, -0.2) is 0 Å². The van der Waals surface area contributed by atoms with Crippen LogP contribution in [-0.4, -0.2) is 23.5 Å². The normalized spacial score (nSPS) is 10.9. The molecule has 7 heteroatoms. The molecule has 170 valence electrons. The van der Waals surface area contributed by atoms with E-state index >= 15 is 0 Å². The SMILES string of the molecule is CC(C)CCOc1ccc(C(=O)NNC(=S)NC(=O)C=Cc2cccc3ccccc23)cc1. The number of hydrogen-bond donors (Lipinski definition) is 3. The van der Waals surface area contributed by atoms with Crippen molar-refractivity contribution in [2.24, 2.45) is 5.92 Å². The van der Waals surface area contributed by atoms with Gasteiger partial charge in [-0.05, 0) is 71.2 Å². The van der Waals surface area contributed by atoms with Crippen LogP contribution in [-0.2, 0) is 4.79 Å². The summed E-state index contributed by atoms with van der Waals surface area (Å²) in [7, 11) is 0. The number of hydrazine groups is 1. The fraction of sp³-hybridized carbons (Fsp3) is 0.192. The summed E-state index contributed by atoms with van der Waals surface area (Å²) in [5.74, 6) is 0.490. The molecule has 2 amide bonds. The summed E-state index contributed by atoms with van der Waals surface area (Å²) in [5, 5.41) is 4.64. The molecule has 0 aliphatic rings. The zero-order chi connectivity index (χ0) is 23.6. The predicted molar refractivity (Wildman–Crippen MR) is 136 cm³/mol. The van der Waals surface area contributed by atoms with Crippen LogP contribution in [0.1, 0.15) is 36.2 Å². The minimum absolute atomic E-state index is 0.00967. The summed E-state index contributed by atoms with van der Waals surface area (Å²) < 4.78 is 5.65. The van der Waals surface area contributed by atoms with Crippen molar-refractivity contribution >= 4 is 46.0 Å². The summed E-state index contributed by atoms with van der Waals surface area (Å²) in [6.07, 6.45) is 4.09. The summed E-state index contributed by atoms with van der Waals surface area (Å²) in [4.78, 5) is 24.5. The molecule has 33 heavy (non-hydrogen) atoms. The number of ether oxygens (including phenoxy) is 1. The van der Waals surface area contributed by atoms with E-state index in [-0.39, 0.29) is 11.0 Å². The lowest BCUT2D eigenvalue weighted by Gasteiger charge is -2.11. The molecule has 0 aliphatic heterocycles. The maximum absolute atomic E-state index is 12.3. The van der Waals surface area contributed by atoms with Gasteiger partial charge in [0.15, 0.2) is 5.11 Å². The molecule has 0 aromatic heterocycles. The van der Waals surface area contributed by atoms with Crippen LogP contribution in [0.2, 0.25) is 0 Å². The smallest absolute Gasteiger partial charge is 0.269 e. The van der Waals surface area contributed by atoms with Crippen LogP contribution in [0, 0.1) is 5.92 Å². The molecule has 0 spiro atoms. The molecular weight excluding hydrogens is 434 g/mol. The third-order valence-electron chi connectivity index (χ3n) is 4.84. The molecule has 0 atom stereocenters. The first-order chi connectivity index (χ1) is 15.9. The minimum atomic E-state index is -0.405. The minimum Gasteiger partial charge on any atom is -0.494 e. The van der Waals surface area contributed by atoms with E-state index in [1.165, 1.54) is 6.08 Å². The Labute approximate surface area is 199 Å². The van der Waals surface area contributed by atoms with Gasteiger partial charge >= 0.3 is 0 Å². The molecule has 6 nitrogen and oxygen atoms in total. The number of benzene rings is 3. The second-order valence-electron chi connectivity index (χ2n) is 7.85. The Morgan fingerprint density at radius 1 is 0.970 bits per heavy atom. The third-order valence-corrected chi connectivity index (χ3v) is 5.05. The highest BCUT2D eigenvalue weighted by molar-refractivity contribution is 7.80. The summed E-state index contributed by atoms with van der Waals surface area (Å²) in [6, 6.07) is 20.6. The number of thiocarbonyl (C=S) groups is 1. The van der Waals surface area contributed by atoms with Crippen molar-refractivity contribution in [3.05, 3.63) is 83.9 Å². The molecule has 3 aromatic carbocycles. The highest BCUT2D eigenvalue weighted by Crippen LogP contribution is 2.19. The van der Waals surface area contributed by atoms with E-state index in [4.69, 9.17) is 17.0 Å². The third kappa shape index (κ3) is 7.43. The average molecular weight is 462 g/mol. The first-order valence-electron chi connectivity index (χ1n) is 10.7. The Kier molecular flexibility index (Phi) is 8.55. The number of rotatable bonds is 7. The fourth-order valence-electron chi connectivity index (χ4n) is 3.05. The van der Waals surface area contributed by atoms with Gasteiger partial charge in [-0.2, -0.15) is 0 Å². The van der Waals surface area contributed by atoms with E-state index < -0.39 is 5.91 Å². The molecule has 0 heterocycles. The molecule has 0 bridgehead atoms. The van der Waals surface area contributed by atoms with Crippen molar-refractivity contribution in [3.8, 4) is 5.75 Å². The number of amides is 2. The molecule has 3 rings (SSSR count). The second-order valence-corrected chi connectivity index (χ2v) is 8.26. The Morgan fingerprint density at radius 2 is 1.70 bits per heavy atom. The summed E-state index contributed by atoms with van der Waals surface area (Å²) in [5.41, 5.74) is 6.36. The van der Waals surface area contributed by atoms with E-state index in [0.29, 0.717) is 23.8 Å². The van der Waals surface area contributed by atoms with Gasteiger partial charge in [0.1, 0.15) is 5.75 Å². The number of hydrogen-bond acceptors (Lipinski definition) is 4. The Balaban J connectivity index is 1.46. The highest BCUT2D eigenvalue weighted by Gasteiger charge is 2.07. The van der Waals surface area contributed by atoms with E-state index in [1.54, 1.807) is 30.3 Å². The topological polar surface area (TPSA) is 79.5 Å². The van der Waals surface area contributed by atoms with Gasteiger partial charge in [-0.1, -0.05) is 56.3 Å². The van der Waals surface area contributed by atoms with Gasteiger partial charge in [0.2, 0.25) is 5.91 Å². The molecule has 0 unspecified atom stereocenters. The summed E-state index contributed by atoms with van der Waals surface area (Å²) >= 11 is 5.08. The standard InChI is InChI=1S/C26H27N3O3S/c1-18(2)16-17-32-22-13-10-21(11-14-22)25(31)28-29-26(33)27-24(30)15-12-20-8-5-7-19-6-3-4-9-23(19)20/h3-15,18H,16-17H2,1-2H3,(H,28,31)(H2,27,29,30,33). The zero-order valence-electron chi connectivity index (χ0n) is 18.6. The van der Waals surface area contributed by atoms with Gasteiger partial charge in [0.05, 0.1) is 6.61 Å². The van der Waals surface area contributed by atoms with Crippen LogP contribution in [0.4, 0.5) is 0 Å². The van der Waals surface area contributed by atoms with Crippen molar-refractivity contribution in [1.29, 1.82) is 0 Å². The number of carbonyl (C=O) groups excluding carboxylic acids is 2. The predicted octanol–water partition coefficient (Wildman–Crippen LogP) is 4.61. The second kappa shape index (κ2) is 11.8. The van der Waals surface area contributed by atoms with Crippen molar-refractivity contribution in [2.75, 3.05) is 6.61 Å². The molecule has 0 saturated heterocycles. The molecule has 0 radical (unpaired) electrons. The highest BCUT2D eigenvalue weighted by atomic mass is 32.1. The Bertz CT molecular complexity index is 1150. The number of fused-ring (bicyclic) bond motifs is 1. The summed E-state index contributed by atoms with van der Waals surface area (Å²) in [6.45, 7) is 4.91. The van der Waals surface area contributed by atoms with Crippen LogP contribution in [0.25, 0.3) is 16.8 Å². The van der Waals surface area contributed by atoms with Crippen LogP contribution in [0.5, 0.6) is 5.75 Å². The number of nitrogens with one attached hydrogen (secondary N) is 3. The van der Waals surface area contributed by atoms with E-state index in [9.17, 15) is 9.59 Å². The maximum Gasteiger partial charge on any atom is 0.269 e. The fourth-order valence-corrected chi connectivity index (χ4v) is 3.20. The lowest BCUT2D eigenvalue weighted by atomic mass is 10.0. The first-order valence-corrected chi connectivity index (χ1v) is 11.1. The van der Waals surface area contributed by atoms with Gasteiger partial charge < -0.3 is 4.74 Å². The van der Waals surface area contributed by atoms with E-state index in [0.717, 1.165) is 22.8 Å². The van der Waals surface area contributed by atoms with Crippen molar-refractivity contribution < 1.29 is 14.3 Å². The largest absolute Gasteiger partial charge is 0.494 e. The monoisotopic (exact) mass is 461 g/mol. The van der Waals surface area contributed by atoms with Crippen molar-refractivity contribution in [2.45, 2.75) is 20.3 Å². The maximum atomic E-state index is 12.3. The van der Waals surface area contributed by atoms with E-state index in [2.05, 4.69) is 30.0 Å². The molecule has 0 fully saturated rings. The quantitative estimate of drug-likeness (QED) is 0.272. The molecular formula is C26H27N3O3S. The molecule has 3 aromatic rings. The number of carbonyl (C=O) groups is 2. The molecule has 3 N–H and O–H groups in total. The van der Waals surface area contributed by atoms with Gasteiger partial charge in [-0.3, -0.25) is 25.8 Å². The first kappa shape index (κ1) is 23.9. The van der Waals surface area contributed by atoms with Gasteiger partial charge in [0, 0.05) is 11.6 Å². The van der Waals surface area contributed by atoms with E-state index in [1.807, 2.05) is 42.5 Å².